The van der Waals surface area contributed by atoms with Gasteiger partial charge in [-0.3, -0.25) is 0 Å². The SMILES string of the molecule is Cc1nc(CCNS(=O)(=O)c2cc(N)c(C)cc2F)cs1. The molecule has 21 heavy (non-hydrogen) atoms. The van der Waals surface area contributed by atoms with Gasteiger partial charge in [0.2, 0.25) is 10.0 Å². The van der Waals surface area contributed by atoms with E-state index in [4.69, 9.17) is 5.73 Å². The zero-order valence-corrected chi connectivity index (χ0v) is 13.3. The van der Waals surface area contributed by atoms with Crippen molar-refractivity contribution in [1.29, 1.82) is 0 Å². The predicted molar refractivity (Wildman–Crippen MR) is 81.3 cm³/mol. The summed E-state index contributed by atoms with van der Waals surface area (Å²) in [6.07, 6.45) is 0.451. The maximum absolute atomic E-state index is 13.8. The lowest BCUT2D eigenvalue weighted by Crippen LogP contribution is -2.27. The first-order chi connectivity index (χ1) is 9.79. The molecule has 0 bridgehead atoms. The number of anilines is 1. The van der Waals surface area contributed by atoms with Gasteiger partial charge < -0.3 is 5.73 Å². The van der Waals surface area contributed by atoms with Crippen molar-refractivity contribution >= 4 is 27.0 Å². The number of halogens is 1. The molecule has 0 spiro atoms. The van der Waals surface area contributed by atoms with E-state index >= 15 is 0 Å². The van der Waals surface area contributed by atoms with Crippen LogP contribution >= 0.6 is 11.3 Å². The topological polar surface area (TPSA) is 85.1 Å². The monoisotopic (exact) mass is 329 g/mol. The van der Waals surface area contributed by atoms with E-state index in [2.05, 4.69) is 9.71 Å². The Hall–Kier alpha value is -1.51. The molecule has 2 rings (SSSR count). The molecule has 1 heterocycles. The third-order valence-electron chi connectivity index (χ3n) is 2.95. The first kappa shape index (κ1) is 15.9. The summed E-state index contributed by atoms with van der Waals surface area (Å²) in [6, 6.07) is 2.26. The molecule has 3 N–H and O–H groups in total. The molecule has 0 radical (unpaired) electrons. The van der Waals surface area contributed by atoms with Crippen LogP contribution in [0.25, 0.3) is 0 Å². The lowest BCUT2D eigenvalue weighted by Gasteiger charge is -2.09. The molecule has 0 aliphatic heterocycles. The Balaban J connectivity index is 2.10. The van der Waals surface area contributed by atoms with Gasteiger partial charge in [0.15, 0.2) is 0 Å². The van der Waals surface area contributed by atoms with Crippen LogP contribution in [-0.2, 0) is 16.4 Å². The van der Waals surface area contributed by atoms with Gasteiger partial charge in [-0.05, 0) is 31.5 Å². The van der Waals surface area contributed by atoms with Crippen LogP contribution < -0.4 is 10.5 Å². The van der Waals surface area contributed by atoms with E-state index in [1.54, 1.807) is 6.92 Å². The van der Waals surface area contributed by atoms with E-state index in [9.17, 15) is 12.8 Å². The number of hydrogen-bond donors (Lipinski definition) is 2. The van der Waals surface area contributed by atoms with Crippen molar-refractivity contribution in [2.45, 2.75) is 25.2 Å². The van der Waals surface area contributed by atoms with Gasteiger partial charge in [0.1, 0.15) is 10.7 Å². The number of aryl methyl sites for hydroxylation is 2. The van der Waals surface area contributed by atoms with Gasteiger partial charge in [0, 0.05) is 24.0 Å². The number of nitrogens with one attached hydrogen (secondary N) is 1. The molecule has 0 saturated carbocycles. The Morgan fingerprint density at radius 2 is 2.10 bits per heavy atom. The van der Waals surface area contributed by atoms with Crippen LogP contribution in [-0.4, -0.2) is 19.9 Å². The Labute approximate surface area is 127 Å². The Morgan fingerprint density at radius 1 is 1.38 bits per heavy atom. The van der Waals surface area contributed by atoms with Crippen LogP contribution in [0.4, 0.5) is 10.1 Å². The van der Waals surface area contributed by atoms with Crippen molar-refractivity contribution in [3.8, 4) is 0 Å². The first-order valence-electron chi connectivity index (χ1n) is 6.26. The van der Waals surface area contributed by atoms with Crippen LogP contribution in [0.15, 0.2) is 22.4 Å². The summed E-state index contributed by atoms with van der Waals surface area (Å²) in [7, 11) is -3.92. The fourth-order valence-corrected chi connectivity index (χ4v) is 3.56. The molecule has 1 aromatic heterocycles. The number of rotatable bonds is 5. The van der Waals surface area contributed by atoms with Crippen LogP contribution in [0.3, 0.4) is 0 Å². The number of nitrogen functional groups attached to an aromatic ring is 1. The summed E-state index contributed by atoms with van der Waals surface area (Å²) in [6.45, 7) is 3.65. The van der Waals surface area contributed by atoms with Gasteiger partial charge in [-0.1, -0.05) is 0 Å². The van der Waals surface area contributed by atoms with E-state index < -0.39 is 20.7 Å². The Kier molecular flexibility index (Phi) is 4.60. The van der Waals surface area contributed by atoms with Gasteiger partial charge >= 0.3 is 0 Å². The maximum Gasteiger partial charge on any atom is 0.243 e. The highest BCUT2D eigenvalue weighted by atomic mass is 32.2. The van der Waals surface area contributed by atoms with Gasteiger partial charge in [-0.15, -0.1) is 11.3 Å². The van der Waals surface area contributed by atoms with Gasteiger partial charge in [0.05, 0.1) is 10.7 Å². The largest absolute Gasteiger partial charge is 0.398 e. The molecule has 8 heteroatoms. The average molecular weight is 329 g/mol. The average Bonchev–Trinajstić information content (AvgIpc) is 2.79. The number of nitrogens with two attached hydrogens (primary N) is 1. The van der Waals surface area contributed by atoms with Crippen LogP contribution in [0, 0.1) is 19.7 Å². The standard InChI is InChI=1S/C13H16FN3O2S2/c1-8-5-11(14)13(6-12(8)15)21(18,19)16-4-3-10-7-20-9(2)17-10/h5-7,16H,3-4,15H2,1-2H3. The van der Waals surface area contributed by atoms with E-state index in [0.717, 1.165) is 22.8 Å². The third kappa shape index (κ3) is 3.78. The van der Waals surface area contributed by atoms with E-state index in [1.807, 2.05) is 12.3 Å². The molecule has 0 unspecified atom stereocenters. The second-order valence-corrected chi connectivity index (χ2v) is 7.44. The minimum absolute atomic E-state index is 0.152. The van der Waals surface area contributed by atoms with Crippen molar-refractivity contribution in [1.82, 2.24) is 9.71 Å². The van der Waals surface area contributed by atoms with Crippen molar-refractivity contribution in [3.05, 3.63) is 39.6 Å². The molecule has 0 fully saturated rings. The van der Waals surface area contributed by atoms with Gasteiger partial charge in [-0.25, -0.2) is 22.5 Å². The summed E-state index contributed by atoms with van der Waals surface area (Å²) in [5.41, 5.74) is 7.20. The number of aromatic nitrogens is 1. The third-order valence-corrected chi connectivity index (χ3v) is 5.25. The Bertz CT molecular complexity index is 757. The number of nitrogens with zero attached hydrogens (tertiary/aromatic N) is 1. The first-order valence-corrected chi connectivity index (χ1v) is 8.62. The molecular formula is C13H16FN3O2S2. The van der Waals surface area contributed by atoms with Crippen molar-refractivity contribution in [3.63, 3.8) is 0 Å². The van der Waals surface area contributed by atoms with Crippen LogP contribution in [0.1, 0.15) is 16.3 Å². The Morgan fingerprint density at radius 3 is 2.71 bits per heavy atom. The quantitative estimate of drug-likeness (QED) is 0.822. The maximum atomic E-state index is 13.8. The van der Waals surface area contributed by atoms with Crippen molar-refractivity contribution in [2.24, 2.45) is 0 Å². The van der Waals surface area contributed by atoms with Gasteiger partial charge in [0.25, 0.3) is 0 Å². The minimum atomic E-state index is -3.92. The zero-order valence-electron chi connectivity index (χ0n) is 11.7. The number of hydrogen-bond acceptors (Lipinski definition) is 5. The molecule has 2 aromatic rings. The zero-order chi connectivity index (χ0) is 15.6. The summed E-state index contributed by atoms with van der Waals surface area (Å²) in [5.74, 6) is -0.807. The molecule has 0 aliphatic carbocycles. The molecule has 114 valence electrons. The highest BCUT2D eigenvalue weighted by Crippen LogP contribution is 2.21. The second-order valence-electron chi connectivity index (χ2n) is 4.64. The lowest BCUT2D eigenvalue weighted by molar-refractivity contribution is 0.556. The van der Waals surface area contributed by atoms with Crippen LogP contribution in [0.5, 0.6) is 0 Å². The molecule has 1 aromatic carbocycles. The molecular weight excluding hydrogens is 313 g/mol. The molecule has 0 atom stereocenters. The highest BCUT2D eigenvalue weighted by molar-refractivity contribution is 7.89. The van der Waals surface area contributed by atoms with Gasteiger partial charge in [-0.2, -0.15) is 0 Å². The summed E-state index contributed by atoms with van der Waals surface area (Å²) in [4.78, 5) is 3.81. The van der Waals surface area contributed by atoms with E-state index in [1.165, 1.54) is 11.3 Å². The van der Waals surface area contributed by atoms with E-state index in [-0.39, 0.29) is 12.2 Å². The lowest BCUT2D eigenvalue weighted by atomic mass is 10.2. The van der Waals surface area contributed by atoms with Crippen molar-refractivity contribution < 1.29 is 12.8 Å². The minimum Gasteiger partial charge on any atom is -0.398 e. The summed E-state index contributed by atoms with van der Waals surface area (Å²) >= 11 is 1.50. The highest BCUT2D eigenvalue weighted by Gasteiger charge is 2.20. The smallest absolute Gasteiger partial charge is 0.243 e. The predicted octanol–water partition coefficient (Wildman–Crippen LogP) is 2.00. The van der Waals surface area contributed by atoms with Crippen LogP contribution in [0.2, 0.25) is 0 Å². The summed E-state index contributed by atoms with van der Waals surface area (Å²) < 4.78 is 40.3. The molecule has 0 saturated heterocycles. The fraction of sp³-hybridized carbons (Fsp3) is 0.308. The molecule has 5 nitrogen and oxygen atoms in total. The number of thiazole rings is 1. The second kappa shape index (κ2) is 6.08. The molecule has 0 aliphatic rings. The number of sulfonamides is 1. The summed E-state index contributed by atoms with van der Waals surface area (Å²) in [5, 5.41) is 2.79. The van der Waals surface area contributed by atoms with Crippen molar-refractivity contribution in [2.75, 3.05) is 12.3 Å². The van der Waals surface area contributed by atoms with E-state index in [0.29, 0.717) is 12.0 Å². The number of benzene rings is 1. The molecule has 0 amide bonds. The normalized spacial score (nSPS) is 11.8. The fourth-order valence-electron chi connectivity index (χ4n) is 1.79.